The second kappa shape index (κ2) is 8.38. The first-order valence-corrected chi connectivity index (χ1v) is 11.0. The van der Waals surface area contributed by atoms with Crippen molar-refractivity contribution in [3.63, 3.8) is 0 Å². The number of rotatable bonds is 3. The third kappa shape index (κ3) is 3.66. The number of nitrogen functional groups attached to an aromatic ring is 1. The van der Waals surface area contributed by atoms with Gasteiger partial charge in [-0.1, -0.05) is 0 Å². The Labute approximate surface area is 186 Å². The molecule has 3 aliphatic heterocycles. The first-order chi connectivity index (χ1) is 15.5. The molecule has 0 bridgehead atoms. The van der Waals surface area contributed by atoms with Crippen LogP contribution in [-0.4, -0.2) is 89.5 Å². The summed E-state index contributed by atoms with van der Waals surface area (Å²) in [6.45, 7) is 6.27. The Kier molecular flexibility index (Phi) is 5.41. The van der Waals surface area contributed by atoms with Gasteiger partial charge in [0.25, 0.3) is 0 Å². The van der Waals surface area contributed by atoms with Crippen molar-refractivity contribution >= 4 is 23.8 Å². The molecule has 0 aliphatic carbocycles. The number of hydrogen-bond acceptors (Lipinski definition) is 10. The predicted molar refractivity (Wildman–Crippen MR) is 119 cm³/mol. The summed E-state index contributed by atoms with van der Waals surface area (Å²) in [5.41, 5.74) is 8.46. The highest BCUT2D eigenvalue weighted by Crippen LogP contribution is 2.38. The highest BCUT2D eigenvalue weighted by Gasteiger charge is 2.37. The average Bonchev–Trinajstić information content (AvgIpc) is 3.46. The number of carbonyl (C=O) groups excluding carboxylic acids is 1. The van der Waals surface area contributed by atoms with E-state index in [0.717, 1.165) is 48.6 Å². The molecule has 2 atom stereocenters. The Hall–Kier alpha value is -3.21. The number of amides is 1. The van der Waals surface area contributed by atoms with Crippen molar-refractivity contribution in [2.45, 2.75) is 31.8 Å². The van der Waals surface area contributed by atoms with Gasteiger partial charge in [0.1, 0.15) is 5.82 Å². The standard InChI is InChI=1S/C21H28N8O3/c1-13-12-32-8-7-28(13)20-25-17(14-9-23-19(22)24-10-14)16-4-6-29(18(16)26-20)15-3-5-27(11-15)21(30)31-2/h9-10,13,15H,3-8,11-12H2,1-2H3,(H2,22,23,24). The summed E-state index contributed by atoms with van der Waals surface area (Å²) >= 11 is 0. The monoisotopic (exact) mass is 440 g/mol. The van der Waals surface area contributed by atoms with Crippen LogP contribution in [0.4, 0.5) is 22.5 Å². The Bertz CT molecular complexity index is 1000. The van der Waals surface area contributed by atoms with Crippen molar-refractivity contribution in [2.24, 2.45) is 0 Å². The zero-order valence-corrected chi connectivity index (χ0v) is 18.4. The van der Waals surface area contributed by atoms with Crippen molar-refractivity contribution in [3.8, 4) is 11.3 Å². The number of aromatic nitrogens is 4. The highest BCUT2D eigenvalue weighted by atomic mass is 16.5. The lowest BCUT2D eigenvalue weighted by molar-refractivity contribution is 0.0981. The van der Waals surface area contributed by atoms with E-state index in [2.05, 4.69) is 26.7 Å². The van der Waals surface area contributed by atoms with Crippen molar-refractivity contribution in [1.29, 1.82) is 0 Å². The van der Waals surface area contributed by atoms with Gasteiger partial charge in [-0.2, -0.15) is 4.98 Å². The van der Waals surface area contributed by atoms with Crippen molar-refractivity contribution < 1.29 is 14.3 Å². The van der Waals surface area contributed by atoms with Crippen LogP contribution in [0.5, 0.6) is 0 Å². The number of morpholine rings is 1. The molecule has 2 aromatic heterocycles. The van der Waals surface area contributed by atoms with E-state index >= 15 is 0 Å². The summed E-state index contributed by atoms with van der Waals surface area (Å²) in [7, 11) is 1.42. The van der Waals surface area contributed by atoms with Crippen molar-refractivity contribution in [2.75, 3.05) is 62.0 Å². The maximum atomic E-state index is 12.0. The molecule has 3 aliphatic rings. The number of hydrogen-bond donors (Lipinski definition) is 1. The van der Waals surface area contributed by atoms with Crippen LogP contribution < -0.4 is 15.5 Å². The Morgan fingerprint density at radius 2 is 2.00 bits per heavy atom. The highest BCUT2D eigenvalue weighted by molar-refractivity contribution is 5.73. The summed E-state index contributed by atoms with van der Waals surface area (Å²) in [5, 5.41) is 0. The number of nitrogens with two attached hydrogens (primary N) is 1. The zero-order valence-electron chi connectivity index (χ0n) is 18.4. The van der Waals surface area contributed by atoms with Gasteiger partial charge in [0.05, 0.1) is 32.1 Å². The Morgan fingerprint density at radius 1 is 1.19 bits per heavy atom. The van der Waals surface area contributed by atoms with Gasteiger partial charge in [-0.15, -0.1) is 0 Å². The molecule has 2 N–H and O–H groups in total. The third-order valence-corrected chi connectivity index (χ3v) is 6.45. The second-order valence-corrected chi connectivity index (χ2v) is 8.42. The molecule has 2 saturated heterocycles. The topological polar surface area (TPSA) is 123 Å². The number of fused-ring (bicyclic) bond motifs is 1. The molecule has 11 heteroatoms. The van der Waals surface area contributed by atoms with E-state index in [9.17, 15) is 4.79 Å². The molecule has 0 saturated carbocycles. The van der Waals surface area contributed by atoms with Crippen LogP contribution in [0.15, 0.2) is 12.4 Å². The lowest BCUT2D eigenvalue weighted by atomic mass is 10.1. The summed E-state index contributed by atoms with van der Waals surface area (Å²) < 4.78 is 10.5. The van der Waals surface area contributed by atoms with Gasteiger partial charge in [0, 0.05) is 55.7 Å². The third-order valence-electron chi connectivity index (χ3n) is 6.45. The smallest absolute Gasteiger partial charge is 0.409 e. The van der Waals surface area contributed by atoms with Gasteiger partial charge in [0.15, 0.2) is 0 Å². The van der Waals surface area contributed by atoms with Gasteiger partial charge < -0.3 is 29.9 Å². The summed E-state index contributed by atoms with van der Waals surface area (Å²) in [6.07, 6.45) is 4.85. The molecule has 2 fully saturated rings. The minimum absolute atomic E-state index is 0.175. The number of anilines is 3. The summed E-state index contributed by atoms with van der Waals surface area (Å²) in [5.74, 6) is 1.84. The summed E-state index contributed by atoms with van der Waals surface area (Å²) in [4.78, 5) is 36.6. The lowest BCUT2D eigenvalue weighted by Crippen LogP contribution is -2.45. The van der Waals surface area contributed by atoms with Crippen LogP contribution in [0.1, 0.15) is 18.9 Å². The molecule has 11 nitrogen and oxygen atoms in total. The lowest BCUT2D eigenvalue weighted by Gasteiger charge is -2.34. The fraction of sp³-hybridized carbons (Fsp3) is 0.571. The number of nitrogens with zero attached hydrogens (tertiary/aromatic N) is 7. The van der Waals surface area contributed by atoms with E-state index in [1.54, 1.807) is 17.3 Å². The molecule has 0 aromatic carbocycles. The molecule has 2 unspecified atom stereocenters. The maximum Gasteiger partial charge on any atom is 0.409 e. The molecule has 5 rings (SSSR count). The van der Waals surface area contributed by atoms with Crippen molar-refractivity contribution in [3.05, 3.63) is 18.0 Å². The van der Waals surface area contributed by atoms with Gasteiger partial charge in [-0.05, 0) is 19.8 Å². The molecular formula is C21H28N8O3. The molecule has 2 aromatic rings. The van der Waals surface area contributed by atoms with Crippen LogP contribution in [-0.2, 0) is 15.9 Å². The number of carbonyl (C=O) groups is 1. The number of methoxy groups -OCH3 is 1. The molecule has 5 heterocycles. The number of likely N-dealkylation sites (tertiary alicyclic amines) is 1. The van der Waals surface area contributed by atoms with Crippen molar-refractivity contribution in [1.82, 2.24) is 24.8 Å². The van der Waals surface area contributed by atoms with E-state index < -0.39 is 0 Å². The fourth-order valence-corrected chi connectivity index (χ4v) is 4.76. The van der Waals surface area contributed by atoms with E-state index in [0.29, 0.717) is 32.3 Å². The van der Waals surface area contributed by atoms with Gasteiger partial charge >= 0.3 is 6.09 Å². The molecule has 1 amide bonds. The zero-order chi connectivity index (χ0) is 22.2. The first kappa shape index (κ1) is 20.7. The maximum absolute atomic E-state index is 12.0. The normalized spacial score (nSPS) is 22.9. The largest absolute Gasteiger partial charge is 0.453 e. The van der Waals surface area contributed by atoms with E-state index in [1.165, 1.54) is 7.11 Å². The van der Waals surface area contributed by atoms with Crippen LogP contribution in [0.3, 0.4) is 0 Å². The molecule has 0 radical (unpaired) electrons. The fourth-order valence-electron chi connectivity index (χ4n) is 4.76. The SMILES string of the molecule is COC(=O)N1CCC(N2CCc3c(-c4cnc(N)nc4)nc(N4CCOCC4C)nc32)C1. The van der Waals surface area contributed by atoms with E-state index in [1.807, 2.05) is 0 Å². The van der Waals surface area contributed by atoms with E-state index in [4.69, 9.17) is 25.2 Å². The van der Waals surface area contributed by atoms with Gasteiger partial charge in [0.2, 0.25) is 11.9 Å². The van der Waals surface area contributed by atoms with Crippen LogP contribution in [0.25, 0.3) is 11.3 Å². The molecule has 170 valence electrons. The molecular weight excluding hydrogens is 412 g/mol. The molecule has 0 spiro atoms. The van der Waals surface area contributed by atoms with Crippen LogP contribution in [0, 0.1) is 0 Å². The second-order valence-electron chi connectivity index (χ2n) is 8.42. The minimum Gasteiger partial charge on any atom is -0.453 e. The number of ether oxygens (including phenoxy) is 2. The Balaban J connectivity index is 1.54. The predicted octanol–water partition coefficient (Wildman–Crippen LogP) is 0.944. The average molecular weight is 441 g/mol. The van der Waals surface area contributed by atoms with Gasteiger partial charge in [-0.25, -0.2) is 19.7 Å². The van der Waals surface area contributed by atoms with Crippen LogP contribution in [0.2, 0.25) is 0 Å². The van der Waals surface area contributed by atoms with Crippen LogP contribution >= 0.6 is 0 Å². The first-order valence-electron chi connectivity index (χ1n) is 11.0. The quantitative estimate of drug-likeness (QED) is 0.738. The summed E-state index contributed by atoms with van der Waals surface area (Å²) in [6, 6.07) is 0.365. The minimum atomic E-state index is -0.280. The van der Waals surface area contributed by atoms with Gasteiger partial charge in [-0.3, -0.25) is 0 Å². The molecule has 32 heavy (non-hydrogen) atoms. The Morgan fingerprint density at radius 3 is 2.75 bits per heavy atom. The van der Waals surface area contributed by atoms with E-state index in [-0.39, 0.29) is 24.1 Å².